The number of benzene rings is 1. The van der Waals surface area contributed by atoms with Crippen LogP contribution in [0.3, 0.4) is 0 Å². The zero-order chi connectivity index (χ0) is 11.0. The molecule has 0 spiro atoms. The molecule has 1 aromatic carbocycles. The number of rotatable bonds is 2. The monoisotopic (exact) mass is 199 g/mol. The highest BCUT2D eigenvalue weighted by Gasteiger charge is 1.97. The van der Waals surface area contributed by atoms with Gasteiger partial charge in [0.1, 0.15) is 0 Å². The highest BCUT2D eigenvalue weighted by molar-refractivity contribution is 5.38. The predicted molar refractivity (Wildman–Crippen MR) is 52.5 cm³/mol. The number of ether oxygens (including phenoxy) is 2. The number of nitrogens with zero attached hydrogens (tertiary/aromatic N) is 1. The van der Waals surface area contributed by atoms with Crippen molar-refractivity contribution in [2.75, 3.05) is 21.3 Å². The van der Waals surface area contributed by atoms with E-state index in [2.05, 4.69) is 0 Å². The second-order valence-corrected chi connectivity index (χ2v) is 2.29. The fraction of sp³-hybridized carbons (Fsp3) is 0.333. The fourth-order valence-corrected chi connectivity index (χ4v) is 0.787. The molecule has 0 aromatic heterocycles. The number of nitro groups is 1. The van der Waals surface area contributed by atoms with Crippen LogP contribution in [0.25, 0.3) is 0 Å². The number of hydrogen-bond acceptors (Lipinski definition) is 4. The highest BCUT2D eigenvalue weighted by Crippen LogP contribution is 2.24. The Bertz CT molecular complexity index is 261. The van der Waals surface area contributed by atoms with E-state index in [0.29, 0.717) is 0 Å². The molecule has 0 heterocycles. The van der Waals surface area contributed by atoms with Crippen LogP contribution in [0.1, 0.15) is 0 Å². The summed E-state index contributed by atoms with van der Waals surface area (Å²) in [5, 5.41) is 8.81. The van der Waals surface area contributed by atoms with Crippen molar-refractivity contribution < 1.29 is 14.4 Å². The molecule has 0 amide bonds. The van der Waals surface area contributed by atoms with Crippen LogP contribution in [-0.4, -0.2) is 26.2 Å². The zero-order valence-corrected chi connectivity index (χ0v) is 8.39. The summed E-state index contributed by atoms with van der Waals surface area (Å²) in [4.78, 5) is 8.31. The second-order valence-electron chi connectivity index (χ2n) is 2.29. The maximum absolute atomic E-state index is 8.81. The van der Waals surface area contributed by atoms with Crippen molar-refractivity contribution in [2.45, 2.75) is 0 Å². The quantitative estimate of drug-likeness (QED) is 0.536. The summed E-state index contributed by atoms with van der Waals surface area (Å²) in [5.41, 5.74) is 0. The van der Waals surface area contributed by atoms with Crippen LogP contribution in [-0.2, 0) is 0 Å². The summed E-state index contributed by atoms with van der Waals surface area (Å²) in [6, 6.07) is 7.53. The topological polar surface area (TPSA) is 61.6 Å². The molecule has 78 valence electrons. The molecule has 0 atom stereocenters. The van der Waals surface area contributed by atoms with Crippen molar-refractivity contribution in [1.29, 1.82) is 0 Å². The Hall–Kier alpha value is -1.78. The molecule has 0 aliphatic heterocycles. The molecule has 1 rings (SSSR count). The first kappa shape index (κ1) is 12.2. The number of methoxy groups -OCH3 is 2. The van der Waals surface area contributed by atoms with E-state index in [-0.39, 0.29) is 0 Å². The van der Waals surface area contributed by atoms with Crippen LogP contribution in [0, 0.1) is 10.1 Å². The van der Waals surface area contributed by atoms with E-state index in [9.17, 15) is 0 Å². The van der Waals surface area contributed by atoms with Gasteiger partial charge in [-0.2, -0.15) is 0 Å². The molecule has 1 aromatic rings. The van der Waals surface area contributed by atoms with Crippen LogP contribution in [0.15, 0.2) is 24.3 Å². The molecule has 0 aliphatic carbocycles. The summed E-state index contributed by atoms with van der Waals surface area (Å²) in [6.45, 7) is 0. The highest BCUT2D eigenvalue weighted by atomic mass is 16.6. The van der Waals surface area contributed by atoms with E-state index in [1.807, 2.05) is 24.3 Å². The summed E-state index contributed by atoms with van der Waals surface area (Å²) < 4.78 is 10.0. The molecule has 0 unspecified atom stereocenters. The van der Waals surface area contributed by atoms with Crippen LogP contribution in [0.4, 0.5) is 0 Å². The van der Waals surface area contributed by atoms with Gasteiger partial charge in [0.05, 0.1) is 14.2 Å². The van der Waals surface area contributed by atoms with E-state index in [4.69, 9.17) is 19.6 Å². The lowest BCUT2D eigenvalue weighted by Gasteiger charge is -2.04. The average Bonchev–Trinajstić information content (AvgIpc) is 2.17. The van der Waals surface area contributed by atoms with Gasteiger partial charge in [-0.15, -0.1) is 0 Å². The van der Waals surface area contributed by atoms with Crippen molar-refractivity contribution >= 4 is 0 Å². The molecule has 0 saturated heterocycles. The van der Waals surface area contributed by atoms with E-state index in [1.54, 1.807) is 14.2 Å². The van der Waals surface area contributed by atoms with E-state index in [1.165, 1.54) is 0 Å². The van der Waals surface area contributed by atoms with Crippen molar-refractivity contribution in [1.82, 2.24) is 0 Å². The molecule has 0 bridgehead atoms. The largest absolute Gasteiger partial charge is 0.493 e. The summed E-state index contributed by atoms with van der Waals surface area (Å²) in [7, 11) is 4.13. The number of para-hydroxylation sites is 2. The minimum absolute atomic E-state index is 0.500. The lowest BCUT2D eigenvalue weighted by Crippen LogP contribution is -1.88. The summed E-state index contributed by atoms with van der Waals surface area (Å²) in [6.07, 6.45) is 0. The molecule has 0 saturated carbocycles. The maximum Gasteiger partial charge on any atom is 0.194 e. The minimum atomic E-state index is -0.500. The van der Waals surface area contributed by atoms with Crippen molar-refractivity contribution in [2.24, 2.45) is 0 Å². The van der Waals surface area contributed by atoms with Crippen LogP contribution >= 0.6 is 0 Å². The van der Waals surface area contributed by atoms with Crippen LogP contribution in [0.2, 0.25) is 0 Å². The zero-order valence-electron chi connectivity index (χ0n) is 8.39. The standard InChI is InChI=1S/C8H10O2.CH3NO2/c1-9-7-5-3-4-6-8(7)10-2;1-2(3)4/h3-6H,1-2H3;1H3. The van der Waals surface area contributed by atoms with Gasteiger partial charge in [0.25, 0.3) is 0 Å². The predicted octanol–water partition coefficient (Wildman–Crippen LogP) is 1.60. The Kier molecular flexibility index (Phi) is 5.85. The van der Waals surface area contributed by atoms with Crippen LogP contribution in [0.5, 0.6) is 11.5 Å². The molecule has 14 heavy (non-hydrogen) atoms. The molecular weight excluding hydrogens is 186 g/mol. The molecule has 0 radical (unpaired) electrons. The van der Waals surface area contributed by atoms with Gasteiger partial charge < -0.3 is 9.47 Å². The van der Waals surface area contributed by atoms with E-state index >= 15 is 0 Å². The van der Waals surface area contributed by atoms with E-state index in [0.717, 1.165) is 18.5 Å². The smallest absolute Gasteiger partial charge is 0.194 e. The first-order valence-electron chi connectivity index (χ1n) is 3.86. The van der Waals surface area contributed by atoms with E-state index < -0.39 is 4.92 Å². The van der Waals surface area contributed by atoms with Crippen molar-refractivity contribution in [3.05, 3.63) is 34.4 Å². The Morgan fingerprint density at radius 1 is 1.14 bits per heavy atom. The third-order valence-corrected chi connectivity index (χ3v) is 1.29. The maximum atomic E-state index is 8.81. The van der Waals surface area contributed by atoms with Crippen LogP contribution < -0.4 is 9.47 Å². The van der Waals surface area contributed by atoms with Gasteiger partial charge in [0, 0.05) is 4.92 Å². The van der Waals surface area contributed by atoms with Crippen molar-refractivity contribution in [3.63, 3.8) is 0 Å². The average molecular weight is 199 g/mol. The Morgan fingerprint density at radius 2 is 1.43 bits per heavy atom. The third-order valence-electron chi connectivity index (χ3n) is 1.29. The normalized spacial score (nSPS) is 8.21. The lowest BCUT2D eigenvalue weighted by molar-refractivity contribution is -0.445. The SMILES string of the molecule is COc1ccccc1OC.C[N+](=O)[O-]. The second kappa shape index (κ2) is 6.71. The summed E-state index contributed by atoms with van der Waals surface area (Å²) >= 11 is 0. The molecule has 5 heteroatoms. The molecule has 5 nitrogen and oxygen atoms in total. The fourth-order valence-electron chi connectivity index (χ4n) is 0.787. The van der Waals surface area contributed by atoms with Gasteiger partial charge in [-0.25, -0.2) is 0 Å². The van der Waals surface area contributed by atoms with Gasteiger partial charge in [-0.1, -0.05) is 12.1 Å². The molecular formula is C9H13NO4. The Morgan fingerprint density at radius 3 is 1.64 bits per heavy atom. The first-order chi connectivity index (χ1) is 6.61. The minimum Gasteiger partial charge on any atom is -0.493 e. The van der Waals surface area contributed by atoms with Gasteiger partial charge in [-0.3, -0.25) is 10.1 Å². The van der Waals surface area contributed by atoms with Gasteiger partial charge in [0.15, 0.2) is 18.5 Å². The van der Waals surface area contributed by atoms with Gasteiger partial charge >= 0.3 is 0 Å². The van der Waals surface area contributed by atoms with Gasteiger partial charge in [-0.05, 0) is 12.1 Å². The Labute approximate surface area is 82.4 Å². The van der Waals surface area contributed by atoms with Crippen molar-refractivity contribution in [3.8, 4) is 11.5 Å². The molecule has 0 fully saturated rings. The summed E-state index contributed by atoms with van der Waals surface area (Å²) in [5.74, 6) is 1.54. The molecule has 0 N–H and O–H groups in total. The Balaban J connectivity index is 0.000000364. The lowest BCUT2D eigenvalue weighted by atomic mass is 10.3. The first-order valence-corrected chi connectivity index (χ1v) is 3.86. The number of hydrogen-bond donors (Lipinski definition) is 0. The molecule has 0 aliphatic rings. The van der Waals surface area contributed by atoms with Gasteiger partial charge in [0.2, 0.25) is 0 Å². The third kappa shape index (κ3) is 4.97.